The van der Waals surface area contributed by atoms with E-state index in [1.807, 2.05) is 6.07 Å². The second kappa shape index (κ2) is 7.29. The highest BCUT2D eigenvalue weighted by Gasteiger charge is 2.05. The molecule has 0 saturated heterocycles. The van der Waals surface area contributed by atoms with Gasteiger partial charge in [-0.05, 0) is 31.7 Å². The van der Waals surface area contributed by atoms with Gasteiger partial charge in [-0.15, -0.1) is 0 Å². The topological polar surface area (TPSA) is 49.4 Å². The van der Waals surface area contributed by atoms with Gasteiger partial charge in [-0.1, -0.05) is 13.0 Å². The third-order valence-corrected chi connectivity index (χ3v) is 3.30. The number of likely N-dealkylation sites (N-methyl/N-ethyl adjacent to an activating group) is 2. The quantitative estimate of drug-likeness (QED) is 0.566. The van der Waals surface area contributed by atoms with Crippen molar-refractivity contribution in [1.29, 1.82) is 0 Å². The van der Waals surface area contributed by atoms with Gasteiger partial charge in [-0.2, -0.15) is 0 Å². The Morgan fingerprint density at radius 1 is 1.29 bits per heavy atom. The second-order valence-electron chi connectivity index (χ2n) is 3.71. The van der Waals surface area contributed by atoms with Crippen molar-refractivity contribution in [2.24, 2.45) is 0 Å². The molecule has 1 aromatic carbocycles. The fourth-order valence-corrected chi connectivity index (χ4v) is 2.11. The zero-order chi connectivity index (χ0) is 12.7. The van der Waals surface area contributed by atoms with Crippen molar-refractivity contribution in [3.63, 3.8) is 0 Å². The first-order valence-electron chi connectivity index (χ1n) is 5.89. The molecule has 0 aliphatic heterocycles. The molecule has 0 radical (unpaired) electrons. The standard InChI is InChI=1S/C12H20N2O2S/c1-3-13-8-9-14(4-2)11-6-5-7-12(10-11)17(15)16/h5-7,10,13,17H,3-4,8-9H2,1-2H3. The van der Waals surface area contributed by atoms with E-state index in [-0.39, 0.29) is 0 Å². The number of rotatable bonds is 7. The van der Waals surface area contributed by atoms with E-state index in [1.165, 1.54) is 0 Å². The molecular weight excluding hydrogens is 236 g/mol. The van der Waals surface area contributed by atoms with E-state index in [4.69, 9.17) is 0 Å². The third-order valence-electron chi connectivity index (χ3n) is 2.60. The lowest BCUT2D eigenvalue weighted by Gasteiger charge is -2.23. The van der Waals surface area contributed by atoms with E-state index >= 15 is 0 Å². The molecule has 96 valence electrons. The molecule has 0 atom stereocenters. The summed E-state index contributed by atoms with van der Waals surface area (Å²) in [7, 11) is -2.50. The van der Waals surface area contributed by atoms with Crippen molar-refractivity contribution in [2.45, 2.75) is 18.7 Å². The monoisotopic (exact) mass is 256 g/mol. The zero-order valence-electron chi connectivity index (χ0n) is 10.3. The molecule has 17 heavy (non-hydrogen) atoms. The minimum Gasteiger partial charge on any atom is -0.371 e. The van der Waals surface area contributed by atoms with Crippen molar-refractivity contribution >= 4 is 16.4 Å². The minimum atomic E-state index is -2.50. The summed E-state index contributed by atoms with van der Waals surface area (Å²) < 4.78 is 21.9. The first-order valence-corrected chi connectivity index (χ1v) is 7.07. The van der Waals surface area contributed by atoms with Crippen LogP contribution in [0.15, 0.2) is 29.2 Å². The molecule has 0 aliphatic carbocycles. The van der Waals surface area contributed by atoms with E-state index in [1.54, 1.807) is 18.2 Å². The molecule has 1 N–H and O–H groups in total. The average Bonchev–Trinajstić information content (AvgIpc) is 2.35. The van der Waals surface area contributed by atoms with Gasteiger partial charge in [-0.3, -0.25) is 0 Å². The molecule has 1 aromatic rings. The van der Waals surface area contributed by atoms with Crippen molar-refractivity contribution in [2.75, 3.05) is 31.1 Å². The largest absolute Gasteiger partial charge is 0.371 e. The summed E-state index contributed by atoms with van der Waals surface area (Å²) in [5, 5.41) is 3.26. The number of hydrogen-bond donors (Lipinski definition) is 2. The van der Waals surface area contributed by atoms with Crippen LogP contribution in [0.4, 0.5) is 5.69 Å². The molecule has 0 bridgehead atoms. The SMILES string of the molecule is CCNCCN(CC)c1cccc([SH](=O)=O)c1. The average molecular weight is 256 g/mol. The van der Waals surface area contributed by atoms with E-state index < -0.39 is 10.7 Å². The van der Waals surface area contributed by atoms with Crippen LogP contribution in [0.2, 0.25) is 0 Å². The highest BCUT2D eigenvalue weighted by molar-refractivity contribution is 7.72. The Bertz CT molecular complexity index is 411. The Kier molecular flexibility index (Phi) is 6.00. The molecule has 0 heterocycles. The highest BCUT2D eigenvalue weighted by atomic mass is 32.2. The van der Waals surface area contributed by atoms with E-state index in [0.29, 0.717) is 4.90 Å². The van der Waals surface area contributed by atoms with Crippen LogP contribution < -0.4 is 10.2 Å². The summed E-state index contributed by atoms with van der Waals surface area (Å²) in [6, 6.07) is 7.07. The predicted molar refractivity (Wildman–Crippen MR) is 71.5 cm³/mol. The number of thiol groups is 1. The maximum Gasteiger partial charge on any atom is 0.168 e. The predicted octanol–water partition coefficient (Wildman–Crippen LogP) is 1.09. The molecule has 4 nitrogen and oxygen atoms in total. The Balaban J connectivity index is 2.77. The van der Waals surface area contributed by atoms with Crippen LogP contribution in [0.1, 0.15) is 13.8 Å². The molecule has 5 heteroatoms. The van der Waals surface area contributed by atoms with E-state index in [0.717, 1.165) is 31.9 Å². The number of hydrogen-bond acceptors (Lipinski definition) is 4. The maximum atomic E-state index is 10.9. The van der Waals surface area contributed by atoms with Gasteiger partial charge in [0.1, 0.15) is 0 Å². The highest BCUT2D eigenvalue weighted by Crippen LogP contribution is 2.16. The van der Waals surface area contributed by atoms with Crippen LogP contribution in [0.25, 0.3) is 0 Å². The van der Waals surface area contributed by atoms with Crippen LogP contribution in [0.3, 0.4) is 0 Å². The molecule has 0 aromatic heterocycles. The lowest BCUT2D eigenvalue weighted by Crippen LogP contribution is -2.31. The molecule has 1 rings (SSSR count). The van der Waals surface area contributed by atoms with Crippen molar-refractivity contribution in [1.82, 2.24) is 5.32 Å². The van der Waals surface area contributed by atoms with Crippen LogP contribution >= 0.6 is 0 Å². The normalized spacial score (nSPS) is 10.8. The third kappa shape index (κ3) is 4.36. The van der Waals surface area contributed by atoms with Crippen LogP contribution in [0, 0.1) is 0 Å². The van der Waals surface area contributed by atoms with Gasteiger partial charge in [0.05, 0.1) is 4.90 Å². The van der Waals surface area contributed by atoms with Crippen LogP contribution in [-0.4, -0.2) is 34.6 Å². The number of nitrogens with zero attached hydrogens (tertiary/aromatic N) is 1. The van der Waals surface area contributed by atoms with Gasteiger partial charge in [0.25, 0.3) is 0 Å². The number of nitrogens with one attached hydrogen (secondary N) is 1. The first kappa shape index (κ1) is 14.0. The van der Waals surface area contributed by atoms with Gasteiger partial charge in [0, 0.05) is 25.3 Å². The van der Waals surface area contributed by atoms with Crippen LogP contribution in [0.5, 0.6) is 0 Å². The van der Waals surface area contributed by atoms with Crippen molar-refractivity contribution in [3.8, 4) is 0 Å². The van der Waals surface area contributed by atoms with Crippen LogP contribution in [-0.2, 0) is 10.7 Å². The van der Waals surface area contributed by atoms with E-state index in [2.05, 4.69) is 24.1 Å². The number of benzene rings is 1. The number of anilines is 1. The molecule has 0 spiro atoms. The van der Waals surface area contributed by atoms with Crippen molar-refractivity contribution < 1.29 is 8.42 Å². The Hall–Kier alpha value is -1.07. The molecular formula is C12H20N2O2S. The van der Waals surface area contributed by atoms with Crippen molar-refractivity contribution in [3.05, 3.63) is 24.3 Å². The maximum absolute atomic E-state index is 10.9. The van der Waals surface area contributed by atoms with Gasteiger partial charge in [-0.25, -0.2) is 8.42 Å². The summed E-state index contributed by atoms with van der Waals surface area (Å²) in [6.07, 6.45) is 0. The fraction of sp³-hybridized carbons (Fsp3) is 0.500. The lowest BCUT2D eigenvalue weighted by molar-refractivity contribution is 0.614. The summed E-state index contributed by atoms with van der Waals surface area (Å²) in [6.45, 7) is 7.73. The Morgan fingerprint density at radius 3 is 2.65 bits per heavy atom. The molecule has 0 saturated carbocycles. The smallest absolute Gasteiger partial charge is 0.168 e. The summed E-state index contributed by atoms with van der Waals surface area (Å²) in [4.78, 5) is 2.53. The summed E-state index contributed by atoms with van der Waals surface area (Å²) >= 11 is 0. The Labute approximate surface area is 105 Å². The molecule has 0 amide bonds. The first-order chi connectivity index (χ1) is 8.19. The van der Waals surface area contributed by atoms with Gasteiger partial charge in [0.2, 0.25) is 0 Å². The lowest BCUT2D eigenvalue weighted by atomic mass is 10.3. The second-order valence-corrected chi connectivity index (χ2v) is 4.74. The van der Waals surface area contributed by atoms with Gasteiger partial charge >= 0.3 is 0 Å². The molecule has 0 fully saturated rings. The molecule has 0 aliphatic rings. The van der Waals surface area contributed by atoms with Gasteiger partial charge in [0.15, 0.2) is 10.7 Å². The Morgan fingerprint density at radius 2 is 2.06 bits per heavy atom. The molecule has 0 unspecified atom stereocenters. The summed E-state index contributed by atoms with van der Waals surface area (Å²) in [5.41, 5.74) is 0.960. The fourth-order valence-electron chi connectivity index (χ4n) is 1.66. The zero-order valence-corrected chi connectivity index (χ0v) is 11.2. The van der Waals surface area contributed by atoms with E-state index in [9.17, 15) is 8.42 Å². The summed E-state index contributed by atoms with van der Waals surface area (Å²) in [5.74, 6) is 0. The van der Waals surface area contributed by atoms with Gasteiger partial charge < -0.3 is 10.2 Å². The minimum absolute atomic E-state index is 0.374.